The average Bonchev–Trinajstić information content (AvgIpc) is 3.38. The molecule has 9 heteroatoms. The Kier molecular flexibility index (Phi) is 8.13. The number of carbonyl (C=O) groups excluding carboxylic acids is 2. The molecule has 5 rings (SSSR count). The Bertz CT molecular complexity index is 1390. The summed E-state index contributed by atoms with van der Waals surface area (Å²) >= 11 is 1.53. The van der Waals surface area contributed by atoms with Gasteiger partial charge < -0.3 is 10.2 Å². The molecule has 4 aromatic rings. The lowest BCUT2D eigenvalue weighted by Gasteiger charge is -2.33. The summed E-state index contributed by atoms with van der Waals surface area (Å²) < 4.78 is 0. The number of benzene rings is 1. The number of hydrogen-bond acceptors (Lipinski definition) is 8. The summed E-state index contributed by atoms with van der Waals surface area (Å²) in [6.45, 7) is 3.77. The molecule has 1 aromatic carbocycles. The van der Waals surface area contributed by atoms with Crippen molar-refractivity contribution in [3.63, 3.8) is 0 Å². The number of anilines is 2. The number of aromatic nitrogens is 4. The number of Topliss-reactive ketones (excluding diaryl/α,β-unsaturated/α-hetero) is 1. The van der Waals surface area contributed by atoms with Gasteiger partial charge in [0.25, 0.3) is 0 Å². The maximum absolute atomic E-state index is 12.5. The molecule has 1 fully saturated rings. The van der Waals surface area contributed by atoms with Crippen molar-refractivity contribution in [1.82, 2.24) is 20.2 Å². The fourth-order valence-electron chi connectivity index (χ4n) is 4.69. The maximum atomic E-state index is 12.5. The predicted octanol–water partition coefficient (Wildman–Crippen LogP) is 4.56. The lowest BCUT2D eigenvalue weighted by Crippen LogP contribution is -2.34. The summed E-state index contributed by atoms with van der Waals surface area (Å²) in [4.78, 5) is 35.9. The van der Waals surface area contributed by atoms with Gasteiger partial charge in [-0.25, -0.2) is 4.98 Å². The van der Waals surface area contributed by atoms with E-state index in [1.54, 1.807) is 6.20 Å². The van der Waals surface area contributed by atoms with Crippen molar-refractivity contribution in [2.75, 3.05) is 23.3 Å². The maximum Gasteiger partial charge on any atom is 0.229 e. The number of nitrogens with one attached hydrogen (secondary N) is 1. The zero-order valence-electron chi connectivity index (χ0n) is 21.3. The molecular weight excluding hydrogens is 496 g/mol. The van der Waals surface area contributed by atoms with Gasteiger partial charge in [-0.15, -0.1) is 21.5 Å². The van der Waals surface area contributed by atoms with Gasteiger partial charge in [0.1, 0.15) is 21.6 Å². The average molecular weight is 527 g/mol. The lowest BCUT2D eigenvalue weighted by atomic mass is 9.98. The number of rotatable bonds is 9. The quantitative estimate of drug-likeness (QED) is 0.341. The van der Waals surface area contributed by atoms with Crippen LogP contribution in [0.1, 0.15) is 45.6 Å². The number of aryl methyl sites for hydroxylation is 1. The Hall–Kier alpha value is -3.98. The van der Waals surface area contributed by atoms with Gasteiger partial charge in [-0.1, -0.05) is 35.9 Å². The minimum atomic E-state index is -0.0838. The first kappa shape index (κ1) is 25.7. The van der Waals surface area contributed by atoms with E-state index in [1.165, 1.54) is 11.3 Å². The van der Waals surface area contributed by atoms with Gasteiger partial charge in [0.05, 0.1) is 24.7 Å². The second-order valence-electron chi connectivity index (χ2n) is 9.65. The molecule has 194 valence electrons. The van der Waals surface area contributed by atoms with Crippen molar-refractivity contribution in [2.45, 2.75) is 44.9 Å². The first-order chi connectivity index (χ1) is 18.5. The van der Waals surface area contributed by atoms with Gasteiger partial charge >= 0.3 is 0 Å². The third kappa shape index (κ3) is 6.86. The minimum Gasteiger partial charge on any atom is -0.370 e. The van der Waals surface area contributed by atoms with Crippen LogP contribution < -0.4 is 10.2 Å². The van der Waals surface area contributed by atoms with Crippen molar-refractivity contribution in [1.29, 1.82) is 0 Å². The highest BCUT2D eigenvalue weighted by Gasteiger charge is 2.25. The summed E-state index contributed by atoms with van der Waals surface area (Å²) in [7, 11) is 0. The number of piperidine rings is 1. The van der Waals surface area contributed by atoms with E-state index in [-0.39, 0.29) is 24.0 Å². The van der Waals surface area contributed by atoms with Crippen LogP contribution in [0, 0.1) is 6.92 Å². The van der Waals surface area contributed by atoms with E-state index in [2.05, 4.69) is 30.4 Å². The van der Waals surface area contributed by atoms with Crippen LogP contribution >= 0.6 is 11.3 Å². The summed E-state index contributed by atoms with van der Waals surface area (Å²) in [6, 6.07) is 17.4. The van der Waals surface area contributed by atoms with Crippen LogP contribution in [0.4, 0.5) is 11.5 Å². The zero-order chi connectivity index (χ0) is 26.3. The van der Waals surface area contributed by atoms with Gasteiger partial charge in [-0.05, 0) is 49.6 Å². The molecule has 0 bridgehead atoms. The van der Waals surface area contributed by atoms with E-state index in [0.717, 1.165) is 58.5 Å². The summed E-state index contributed by atoms with van der Waals surface area (Å²) in [5.74, 6) is 0.812. The van der Waals surface area contributed by atoms with Crippen molar-refractivity contribution in [3.05, 3.63) is 93.8 Å². The number of pyridine rings is 2. The Balaban J connectivity index is 1.15. The van der Waals surface area contributed by atoms with E-state index in [9.17, 15) is 9.59 Å². The largest absolute Gasteiger partial charge is 0.370 e. The van der Waals surface area contributed by atoms with Crippen LogP contribution in [-0.4, -0.2) is 44.9 Å². The summed E-state index contributed by atoms with van der Waals surface area (Å²) in [5, 5.41) is 13.3. The van der Waals surface area contributed by atoms with Crippen LogP contribution in [0.15, 0.2) is 67.0 Å². The fourth-order valence-corrected chi connectivity index (χ4v) is 5.69. The van der Waals surface area contributed by atoms with Gasteiger partial charge in [-0.3, -0.25) is 14.6 Å². The molecule has 1 aliphatic heterocycles. The molecule has 8 nitrogen and oxygen atoms in total. The van der Waals surface area contributed by atoms with Crippen LogP contribution in [-0.2, 0) is 28.9 Å². The topological polar surface area (TPSA) is 101 Å². The Labute approximate surface area is 226 Å². The van der Waals surface area contributed by atoms with Crippen molar-refractivity contribution in [2.24, 2.45) is 0 Å². The van der Waals surface area contributed by atoms with Crippen LogP contribution in [0.5, 0.6) is 0 Å². The standard InChI is InChI=1S/C29H30N6O2S/c1-20-6-4-7-21(14-20)15-27(37)32-26-11-10-24(18-31-26)35-13-5-8-22(19-35)29-34-33-28(38-29)17-25(36)16-23-9-2-3-12-30-23/h2-4,6-7,9-12,14,18,22H,5,8,13,15-17,19H2,1H3,(H,31,32,37). The molecule has 0 aliphatic carbocycles. The lowest BCUT2D eigenvalue weighted by molar-refractivity contribution is -0.118. The zero-order valence-corrected chi connectivity index (χ0v) is 22.2. The number of hydrogen-bond donors (Lipinski definition) is 1. The van der Waals surface area contributed by atoms with Gasteiger partial charge in [0.2, 0.25) is 5.91 Å². The van der Waals surface area contributed by atoms with E-state index in [1.807, 2.05) is 67.7 Å². The number of ketones is 1. The van der Waals surface area contributed by atoms with Gasteiger partial charge in [0.15, 0.2) is 0 Å². The molecule has 1 N–H and O–H groups in total. The third-order valence-corrected chi connectivity index (χ3v) is 7.62. The highest BCUT2D eigenvalue weighted by atomic mass is 32.1. The molecule has 4 heterocycles. The SMILES string of the molecule is Cc1cccc(CC(=O)Nc2ccc(N3CCCC(c4nnc(CC(=O)Cc5ccccn5)s4)C3)cn2)c1. The van der Waals surface area contributed by atoms with Gasteiger partial charge in [0, 0.05) is 37.3 Å². The van der Waals surface area contributed by atoms with Crippen LogP contribution in [0.2, 0.25) is 0 Å². The molecular formula is C29H30N6O2S. The molecule has 1 unspecified atom stereocenters. The number of amides is 1. The molecule has 0 radical (unpaired) electrons. The summed E-state index contributed by atoms with van der Waals surface area (Å²) in [6.07, 6.45) is 6.49. The van der Waals surface area contributed by atoms with E-state index < -0.39 is 0 Å². The normalized spacial score (nSPS) is 15.3. The first-order valence-electron chi connectivity index (χ1n) is 12.8. The van der Waals surface area contributed by atoms with Crippen molar-refractivity contribution < 1.29 is 9.59 Å². The van der Waals surface area contributed by atoms with Gasteiger partial charge in [-0.2, -0.15) is 0 Å². The minimum absolute atomic E-state index is 0.0838. The fraction of sp³-hybridized carbons (Fsp3) is 0.310. The van der Waals surface area contributed by atoms with Crippen LogP contribution in [0.25, 0.3) is 0 Å². The Morgan fingerprint density at radius 2 is 1.95 bits per heavy atom. The van der Waals surface area contributed by atoms with E-state index >= 15 is 0 Å². The molecule has 1 amide bonds. The molecule has 1 atom stereocenters. The highest BCUT2D eigenvalue weighted by molar-refractivity contribution is 7.11. The Morgan fingerprint density at radius 3 is 2.74 bits per heavy atom. The number of nitrogens with zero attached hydrogens (tertiary/aromatic N) is 5. The van der Waals surface area contributed by atoms with E-state index in [0.29, 0.717) is 18.7 Å². The third-order valence-electron chi connectivity index (χ3n) is 6.53. The van der Waals surface area contributed by atoms with Crippen molar-refractivity contribution >= 4 is 34.5 Å². The molecule has 1 aliphatic rings. The molecule has 3 aromatic heterocycles. The second-order valence-corrected chi connectivity index (χ2v) is 10.7. The molecule has 38 heavy (non-hydrogen) atoms. The van der Waals surface area contributed by atoms with Crippen LogP contribution in [0.3, 0.4) is 0 Å². The highest BCUT2D eigenvalue weighted by Crippen LogP contribution is 2.32. The molecule has 0 spiro atoms. The van der Waals surface area contributed by atoms with Crippen molar-refractivity contribution in [3.8, 4) is 0 Å². The smallest absolute Gasteiger partial charge is 0.229 e. The monoisotopic (exact) mass is 526 g/mol. The second kappa shape index (κ2) is 12.0. The number of carbonyl (C=O) groups is 2. The first-order valence-corrected chi connectivity index (χ1v) is 13.6. The Morgan fingerprint density at radius 1 is 1.03 bits per heavy atom. The van der Waals surface area contributed by atoms with E-state index in [4.69, 9.17) is 0 Å². The molecule has 0 saturated carbocycles. The molecule has 1 saturated heterocycles. The summed E-state index contributed by atoms with van der Waals surface area (Å²) in [5.41, 5.74) is 3.91. The predicted molar refractivity (Wildman–Crippen MR) is 148 cm³/mol.